The number of methoxy groups -OCH3 is 1. The maximum absolute atomic E-state index is 14.5. The molecular weight excluding hydrogens is 488 g/mol. The number of rotatable bonds is 5. The monoisotopic (exact) mass is 512 g/mol. The molecule has 0 radical (unpaired) electrons. The molecule has 7 heteroatoms. The van der Waals surface area contributed by atoms with Gasteiger partial charge in [0.1, 0.15) is 5.75 Å². The van der Waals surface area contributed by atoms with Gasteiger partial charge in [-0.15, -0.1) is 0 Å². The first kappa shape index (κ1) is 24.1. The second-order valence-corrected chi connectivity index (χ2v) is 9.02. The van der Waals surface area contributed by atoms with E-state index < -0.39 is 6.04 Å². The lowest BCUT2D eigenvalue weighted by molar-refractivity contribution is -0.116. The number of aliphatic imine (C=N–C) groups is 1. The van der Waals surface area contributed by atoms with Gasteiger partial charge in [-0.2, -0.15) is 0 Å². The highest BCUT2D eigenvalue weighted by molar-refractivity contribution is 6.29. The molecule has 0 saturated carbocycles. The molecule has 0 bridgehead atoms. The van der Waals surface area contributed by atoms with E-state index in [1.165, 1.54) is 4.90 Å². The molecule has 0 fully saturated rings. The Labute approximate surface area is 225 Å². The van der Waals surface area contributed by atoms with Crippen LogP contribution in [0.15, 0.2) is 120 Å². The van der Waals surface area contributed by atoms with Gasteiger partial charge in [-0.25, -0.2) is 4.99 Å². The summed E-state index contributed by atoms with van der Waals surface area (Å²) in [5.41, 5.74) is 4.01. The van der Waals surface area contributed by atoms with Crippen LogP contribution in [0, 0.1) is 0 Å². The molecule has 5 aromatic rings. The number of pyridine rings is 1. The normalized spacial score (nSPS) is 14.5. The number of carbonyl (C=O) groups is 2. The first-order chi connectivity index (χ1) is 19.1. The molecule has 1 aromatic heterocycles. The lowest BCUT2D eigenvalue weighted by atomic mass is 9.98. The molecule has 190 valence electrons. The smallest absolute Gasteiger partial charge is 0.260 e. The summed E-state index contributed by atoms with van der Waals surface area (Å²) in [7, 11) is 1.60. The van der Waals surface area contributed by atoms with Crippen LogP contribution in [0.1, 0.15) is 15.9 Å². The number of hydrogen-bond acceptors (Lipinski definition) is 5. The number of amides is 2. The fourth-order valence-electron chi connectivity index (χ4n) is 4.80. The number of aromatic nitrogens is 1. The molecule has 1 aliphatic heterocycles. The van der Waals surface area contributed by atoms with E-state index in [0.717, 1.165) is 0 Å². The van der Waals surface area contributed by atoms with Gasteiger partial charge in [0.25, 0.3) is 11.8 Å². The molecule has 1 unspecified atom stereocenters. The highest BCUT2D eigenvalue weighted by atomic mass is 16.5. The summed E-state index contributed by atoms with van der Waals surface area (Å²) >= 11 is 0. The van der Waals surface area contributed by atoms with E-state index in [9.17, 15) is 9.59 Å². The number of anilines is 2. The lowest BCUT2D eigenvalue weighted by Gasteiger charge is -2.31. The maximum Gasteiger partial charge on any atom is 0.260 e. The first-order valence-corrected chi connectivity index (χ1v) is 12.5. The SMILES string of the molecule is COc1ccc(C2=Nc3ccccc3NC(=O)C2N(C(=O)c2ccnc3ccccc23)c2ccccc2)cc1. The van der Waals surface area contributed by atoms with Gasteiger partial charge in [-0.1, -0.05) is 48.5 Å². The number of nitrogens with one attached hydrogen (secondary N) is 1. The van der Waals surface area contributed by atoms with Crippen molar-refractivity contribution in [3.05, 3.63) is 127 Å². The van der Waals surface area contributed by atoms with Crippen molar-refractivity contribution in [2.75, 3.05) is 17.3 Å². The Morgan fingerprint density at radius 1 is 0.846 bits per heavy atom. The van der Waals surface area contributed by atoms with Crippen LogP contribution in [-0.4, -0.2) is 35.7 Å². The molecule has 1 aliphatic rings. The summed E-state index contributed by atoms with van der Waals surface area (Å²) in [6.07, 6.45) is 1.61. The quantitative estimate of drug-likeness (QED) is 0.312. The lowest BCUT2D eigenvalue weighted by Crippen LogP contribution is -2.52. The number of carbonyl (C=O) groups excluding carboxylic acids is 2. The first-order valence-electron chi connectivity index (χ1n) is 12.5. The van der Waals surface area contributed by atoms with Crippen molar-refractivity contribution in [1.82, 2.24) is 4.98 Å². The minimum absolute atomic E-state index is 0.341. The molecule has 6 rings (SSSR count). The Morgan fingerprint density at radius 2 is 1.56 bits per heavy atom. The topological polar surface area (TPSA) is 83.9 Å². The number of para-hydroxylation sites is 4. The minimum atomic E-state index is -1.08. The number of fused-ring (bicyclic) bond motifs is 2. The van der Waals surface area contributed by atoms with Crippen LogP contribution >= 0.6 is 0 Å². The zero-order valence-corrected chi connectivity index (χ0v) is 21.1. The fraction of sp³-hybridized carbons (Fsp3) is 0.0625. The molecule has 2 amide bonds. The summed E-state index contributed by atoms with van der Waals surface area (Å²) < 4.78 is 5.35. The van der Waals surface area contributed by atoms with Crippen molar-refractivity contribution in [2.24, 2.45) is 4.99 Å². The Bertz CT molecular complexity index is 1710. The number of ether oxygens (including phenoxy) is 1. The predicted molar refractivity (Wildman–Crippen MR) is 153 cm³/mol. The number of hydrogen-bond donors (Lipinski definition) is 1. The van der Waals surface area contributed by atoms with Crippen molar-refractivity contribution in [3.8, 4) is 5.75 Å². The molecule has 0 aliphatic carbocycles. The number of nitrogens with zero attached hydrogens (tertiary/aromatic N) is 3. The molecule has 4 aromatic carbocycles. The van der Waals surface area contributed by atoms with Crippen LogP contribution < -0.4 is 15.0 Å². The minimum Gasteiger partial charge on any atom is -0.497 e. The van der Waals surface area contributed by atoms with Crippen molar-refractivity contribution < 1.29 is 14.3 Å². The third-order valence-electron chi connectivity index (χ3n) is 6.69. The molecule has 39 heavy (non-hydrogen) atoms. The molecule has 2 heterocycles. The molecule has 7 nitrogen and oxygen atoms in total. The van der Waals surface area contributed by atoms with Crippen molar-refractivity contribution in [1.29, 1.82) is 0 Å². The van der Waals surface area contributed by atoms with Gasteiger partial charge in [0.15, 0.2) is 6.04 Å². The van der Waals surface area contributed by atoms with E-state index in [1.54, 1.807) is 25.4 Å². The van der Waals surface area contributed by atoms with E-state index >= 15 is 0 Å². The van der Waals surface area contributed by atoms with Gasteiger partial charge >= 0.3 is 0 Å². The predicted octanol–water partition coefficient (Wildman–Crippen LogP) is 6.03. The Morgan fingerprint density at radius 3 is 2.36 bits per heavy atom. The van der Waals surface area contributed by atoms with Crippen LogP contribution in [0.25, 0.3) is 10.9 Å². The standard InChI is InChI=1S/C32H24N4O3/c1-39-23-17-15-21(16-18-23)29-30(31(37)35-28-14-8-7-13-27(28)34-29)36(22-9-3-2-4-10-22)32(38)25-19-20-33-26-12-6-5-11-24(25)26/h2-20,30H,1H3,(H,35,37). The Balaban J connectivity index is 1.58. The van der Waals surface area contributed by atoms with Gasteiger partial charge in [0.2, 0.25) is 0 Å². The van der Waals surface area contributed by atoms with E-state index in [4.69, 9.17) is 9.73 Å². The van der Waals surface area contributed by atoms with Crippen LogP contribution in [0.4, 0.5) is 17.1 Å². The van der Waals surface area contributed by atoms with Gasteiger partial charge in [0.05, 0.1) is 35.3 Å². The third-order valence-corrected chi connectivity index (χ3v) is 6.69. The molecular formula is C32H24N4O3. The molecule has 0 saturated heterocycles. The molecule has 0 spiro atoms. The van der Waals surface area contributed by atoms with Crippen LogP contribution in [-0.2, 0) is 4.79 Å². The van der Waals surface area contributed by atoms with E-state index in [1.807, 2.05) is 97.1 Å². The van der Waals surface area contributed by atoms with Crippen molar-refractivity contribution in [2.45, 2.75) is 6.04 Å². The summed E-state index contributed by atoms with van der Waals surface area (Å²) in [5, 5.41) is 3.70. The second kappa shape index (κ2) is 10.2. The van der Waals surface area contributed by atoms with Crippen molar-refractivity contribution >= 4 is 45.5 Å². The zero-order chi connectivity index (χ0) is 26.8. The maximum atomic E-state index is 14.5. The summed E-state index contributed by atoms with van der Waals surface area (Å²) in [6, 6.07) is 31.9. The van der Waals surface area contributed by atoms with Gasteiger partial charge in [0, 0.05) is 17.3 Å². The summed E-state index contributed by atoms with van der Waals surface area (Å²) in [4.78, 5) is 39.5. The highest BCUT2D eigenvalue weighted by Gasteiger charge is 2.39. The summed E-state index contributed by atoms with van der Waals surface area (Å²) in [5.74, 6) is -0.0363. The average molecular weight is 513 g/mol. The van der Waals surface area contributed by atoms with Crippen LogP contribution in [0.2, 0.25) is 0 Å². The van der Waals surface area contributed by atoms with Gasteiger partial charge < -0.3 is 10.1 Å². The molecule has 1 atom stereocenters. The van der Waals surface area contributed by atoms with Gasteiger partial charge in [-0.05, 0) is 66.2 Å². The van der Waals surface area contributed by atoms with E-state index in [-0.39, 0.29) is 11.8 Å². The number of benzene rings is 4. The zero-order valence-electron chi connectivity index (χ0n) is 21.1. The third kappa shape index (κ3) is 4.51. The van der Waals surface area contributed by atoms with Gasteiger partial charge in [-0.3, -0.25) is 19.5 Å². The molecule has 1 N–H and O–H groups in total. The Kier molecular flexibility index (Phi) is 6.31. The van der Waals surface area contributed by atoms with E-state index in [2.05, 4.69) is 10.3 Å². The Hall–Kier alpha value is -5.30. The van der Waals surface area contributed by atoms with Crippen LogP contribution in [0.3, 0.4) is 0 Å². The highest BCUT2D eigenvalue weighted by Crippen LogP contribution is 2.33. The van der Waals surface area contributed by atoms with Crippen LogP contribution in [0.5, 0.6) is 5.75 Å². The van der Waals surface area contributed by atoms with Crippen molar-refractivity contribution in [3.63, 3.8) is 0 Å². The van der Waals surface area contributed by atoms with E-state index in [0.29, 0.717) is 50.6 Å². The average Bonchev–Trinajstić information content (AvgIpc) is 3.13. The second-order valence-electron chi connectivity index (χ2n) is 9.02. The largest absolute Gasteiger partial charge is 0.497 e. The fourth-order valence-corrected chi connectivity index (χ4v) is 4.80. The summed E-state index contributed by atoms with van der Waals surface area (Å²) in [6.45, 7) is 0.